The molecule has 1 N–H and O–H groups in total. The SMILES string of the molecule is O=P1(CCO)c2ccccc2-c2ccccc21. The van der Waals surface area contributed by atoms with Crippen LogP contribution in [0.5, 0.6) is 0 Å². The summed E-state index contributed by atoms with van der Waals surface area (Å²) in [7, 11) is -2.60. The molecule has 0 aliphatic carbocycles. The van der Waals surface area contributed by atoms with Crippen molar-refractivity contribution in [2.45, 2.75) is 0 Å². The second-order valence-electron chi connectivity index (χ2n) is 4.22. The van der Waals surface area contributed by atoms with Crippen molar-refractivity contribution in [1.82, 2.24) is 0 Å². The first-order valence-electron chi connectivity index (χ1n) is 5.67. The Labute approximate surface area is 100 Å². The zero-order valence-corrected chi connectivity index (χ0v) is 10.2. The van der Waals surface area contributed by atoms with Gasteiger partial charge in [-0.25, -0.2) is 0 Å². The minimum Gasteiger partial charge on any atom is -0.396 e. The number of hydrogen-bond donors (Lipinski definition) is 1. The normalized spacial score (nSPS) is 15.4. The van der Waals surface area contributed by atoms with Crippen LogP contribution in [-0.2, 0) is 4.57 Å². The van der Waals surface area contributed by atoms with Gasteiger partial charge in [-0.1, -0.05) is 48.5 Å². The second-order valence-corrected chi connectivity index (χ2v) is 7.11. The Hall–Kier alpha value is -1.37. The van der Waals surface area contributed by atoms with Crippen molar-refractivity contribution in [3.63, 3.8) is 0 Å². The lowest BCUT2D eigenvalue weighted by atomic mass is 10.1. The molecule has 0 atom stereocenters. The van der Waals surface area contributed by atoms with E-state index in [9.17, 15) is 9.67 Å². The lowest BCUT2D eigenvalue weighted by molar-refractivity contribution is 0.320. The molecule has 1 heterocycles. The van der Waals surface area contributed by atoms with E-state index in [1.165, 1.54) is 0 Å². The molecule has 17 heavy (non-hydrogen) atoms. The van der Waals surface area contributed by atoms with Gasteiger partial charge in [0.15, 0.2) is 0 Å². The van der Waals surface area contributed by atoms with Crippen molar-refractivity contribution in [2.24, 2.45) is 0 Å². The molecule has 0 bridgehead atoms. The lowest BCUT2D eigenvalue weighted by Gasteiger charge is -2.13. The Bertz CT molecular complexity index is 570. The lowest BCUT2D eigenvalue weighted by Crippen LogP contribution is -2.14. The van der Waals surface area contributed by atoms with E-state index in [0.29, 0.717) is 6.16 Å². The molecule has 1 aliphatic rings. The van der Waals surface area contributed by atoms with Gasteiger partial charge >= 0.3 is 0 Å². The molecule has 2 aromatic carbocycles. The predicted molar refractivity (Wildman–Crippen MR) is 70.7 cm³/mol. The molecule has 3 heteroatoms. The third kappa shape index (κ3) is 1.41. The van der Waals surface area contributed by atoms with Gasteiger partial charge in [0.05, 0.1) is 6.61 Å². The van der Waals surface area contributed by atoms with Crippen molar-refractivity contribution >= 4 is 17.8 Å². The topological polar surface area (TPSA) is 37.3 Å². The highest BCUT2D eigenvalue weighted by Gasteiger charge is 2.37. The van der Waals surface area contributed by atoms with E-state index in [0.717, 1.165) is 21.7 Å². The molecule has 0 saturated heterocycles. The van der Waals surface area contributed by atoms with Gasteiger partial charge in [-0.05, 0) is 11.1 Å². The summed E-state index contributed by atoms with van der Waals surface area (Å²) in [5.74, 6) is 0. The number of hydrogen-bond acceptors (Lipinski definition) is 2. The molecular weight excluding hydrogens is 231 g/mol. The van der Waals surface area contributed by atoms with Crippen LogP contribution in [-0.4, -0.2) is 17.9 Å². The first kappa shape index (κ1) is 10.8. The monoisotopic (exact) mass is 244 g/mol. The quantitative estimate of drug-likeness (QED) is 0.820. The van der Waals surface area contributed by atoms with Crippen LogP contribution in [0.1, 0.15) is 0 Å². The number of fused-ring (bicyclic) bond motifs is 3. The number of rotatable bonds is 2. The van der Waals surface area contributed by atoms with Gasteiger partial charge in [0, 0.05) is 16.8 Å². The van der Waals surface area contributed by atoms with Gasteiger partial charge < -0.3 is 9.67 Å². The largest absolute Gasteiger partial charge is 0.396 e. The molecule has 0 unspecified atom stereocenters. The summed E-state index contributed by atoms with van der Waals surface area (Å²) in [6.07, 6.45) is 0.334. The van der Waals surface area contributed by atoms with Gasteiger partial charge in [0.25, 0.3) is 0 Å². The average Bonchev–Trinajstić information content (AvgIpc) is 2.62. The highest BCUT2D eigenvalue weighted by Crippen LogP contribution is 2.52. The highest BCUT2D eigenvalue weighted by atomic mass is 31.2. The van der Waals surface area contributed by atoms with Crippen molar-refractivity contribution < 1.29 is 9.67 Å². The number of benzene rings is 2. The van der Waals surface area contributed by atoms with Crippen LogP contribution in [0.15, 0.2) is 48.5 Å². The fourth-order valence-corrected chi connectivity index (χ4v) is 5.39. The highest BCUT2D eigenvalue weighted by molar-refractivity contribution is 7.80. The third-order valence-corrected chi connectivity index (χ3v) is 6.46. The fraction of sp³-hybridized carbons (Fsp3) is 0.143. The molecule has 0 fully saturated rings. The molecule has 3 rings (SSSR count). The van der Waals surface area contributed by atoms with Crippen LogP contribution < -0.4 is 10.6 Å². The molecule has 0 saturated carbocycles. The molecular formula is C14H13O2P. The zero-order valence-electron chi connectivity index (χ0n) is 9.34. The Kier molecular flexibility index (Phi) is 2.43. The molecule has 0 aromatic heterocycles. The summed E-state index contributed by atoms with van der Waals surface area (Å²) in [6, 6.07) is 15.6. The molecule has 2 nitrogen and oxygen atoms in total. The minimum absolute atomic E-state index is 0.0417. The average molecular weight is 244 g/mol. The molecule has 86 valence electrons. The van der Waals surface area contributed by atoms with Crippen molar-refractivity contribution in [2.75, 3.05) is 12.8 Å². The van der Waals surface area contributed by atoms with E-state index in [-0.39, 0.29) is 6.61 Å². The van der Waals surface area contributed by atoms with Gasteiger partial charge in [-0.2, -0.15) is 0 Å². The molecule has 0 spiro atoms. The zero-order chi connectivity index (χ0) is 11.9. The summed E-state index contributed by atoms with van der Waals surface area (Å²) in [5, 5.41) is 11.0. The number of aliphatic hydroxyl groups is 1. The van der Waals surface area contributed by atoms with E-state index in [1.54, 1.807) is 0 Å². The van der Waals surface area contributed by atoms with Crippen LogP contribution in [0.25, 0.3) is 11.1 Å². The summed E-state index contributed by atoms with van der Waals surface area (Å²) in [4.78, 5) is 0. The Balaban J connectivity index is 2.35. The maximum atomic E-state index is 13.1. The van der Waals surface area contributed by atoms with E-state index >= 15 is 0 Å². The van der Waals surface area contributed by atoms with Crippen LogP contribution in [0, 0.1) is 0 Å². The smallest absolute Gasteiger partial charge is 0.146 e. The van der Waals surface area contributed by atoms with Gasteiger partial charge in [0.1, 0.15) is 7.14 Å². The summed E-state index contributed by atoms with van der Waals surface area (Å²) in [6.45, 7) is -0.0417. The van der Waals surface area contributed by atoms with Crippen molar-refractivity contribution in [3.8, 4) is 11.1 Å². The second kappa shape index (κ2) is 3.83. The van der Waals surface area contributed by atoms with Gasteiger partial charge in [-0.3, -0.25) is 0 Å². The maximum Gasteiger partial charge on any atom is 0.146 e. The third-order valence-electron chi connectivity index (χ3n) is 3.29. The van der Waals surface area contributed by atoms with E-state index < -0.39 is 7.14 Å². The fourth-order valence-electron chi connectivity index (χ4n) is 2.54. The van der Waals surface area contributed by atoms with Crippen LogP contribution in [0.3, 0.4) is 0 Å². The van der Waals surface area contributed by atoms with Gasteiger partial charge in [0.2, 0.25) is 0 Å². The number of aliphatic hydroxyl groups excluding tert-OH is 1. The van der Waals surface area contributed by atoms with E-state index in [4.69, 9.17) is 0 Å². The minimum atomic E-state index is -2.60. The first-order chi connectivity index (χ1) is 8.27. The van der Waals surface area contributed by atoms with E-state index in [2.05, 4.69) is 0 Å². The molecule has 0 amide bonds. The summed E-state index contributed by atoms with van der Waals surface area (Å²) in [5.41, 5.74) is 2.11. The van der Waals surface area contributed by atoms with Crippen molar-refractivity contribution in [3.05, 3.63) is 48.5 Å². The Morgan fingerprint density at radius 1 is 0.882 bits per heavy atom. The van der Waals surface area contributed by atoms with Gasteiger partial charge in [-0.15, -0.1) is 0 Å². The molecule has 0 radical (unpaired) electrons. The Morgan fingerprint density at radius 2 is 1.35 bits per heavy atom. The molecule has 1 aliphatic heterocycles. The summed E-state index contributed by atoms with van der Waals surface area (Å²) >= 11 is 0. The standard InChI is InChI=1S/C14H13O2P/c15-9-10-17(16)13-7-3-1-5-11(13)12-6-2-4-8-14(12)17/h1-8,15H,9-10H2. The predicted octanol–water partition coefficient (Wildman–Crippen LogP) is 1.97. The Morgan fingerprint density at radius 3 is 1.82 bits per heavy atom. The van der Waals surface area contributed by atoms with Crippen LogP contribution in [0.2, 0.25) is 0 Å². The maximum absolute atomic E-state index is 13.1. The van der Waals surface area contributed by atoms with Crippen LogP contribution >= 0.6 is 7.14 Å². The van der Waals surface area contributed by atoms with Crippen LogP contribution in [0.4, 0.5) is 0 Å². The van der Waals surface area contributed by atoms with E-state index in [1.807, 2.05) is 48.5 Å². The molecule has 2 aromatic rings. The summed E-state index contributed by atoms with van der Waals surface area (Å²) < 4.78 is 13.1. The first-order valence-corrected chi connectivity index (χ1v) is 7.56. The van der Waals surface area contributed by atoms with Crippen molar-refractivity contribution in [1.29, 1.82) is 0 Å².